The molecule has 0 aliphatic heterocycles. The molecule has 0 fully saturated rings. The van der Waals surface area contributed by atoms with Crippen LogP contribution in [0.1, 0.15) is 0 Å². The Labute approximate surface area is 377 Å². The van der Waals surface area contributed by atoms with Crippen LogP contribution in [0, 0.1) is 7.14 Å². The second-order valence-corrected chi connectivity index (χ2v) is 22.1. The van der Waals surface area contributed by atoms with Crippen molar-refractivity contribution in [3.8, 4) is 91.9 Å². The summed E-state index contributed by atoms with van der Waals surface area (Å²) in [6.07, 6.45) is 0. The van der Waals surface area contributed by atoms with Crippen molar-refractivity contribution >= 4 is 113 Å². The van der Waals surface area contributed by atoms with Crippen molar-refractivity contribution in [2.24, 2.45) is 0 Å². The zero-order chi connectivity index (χ0) is 37.6. The number of rotatable bonds is 9. The molecule has 0 radical (unpaired) electrons. The predicted octanol–water partition coefficient (Wildman–Crippen LogP) is 18.3. The molecule has 0 saturated carbocycles. The van der Waals surface area contributed by atoms with E-state index in [2.05, 4.69) is 215 Å². The molecule has 8 heteroatoms. The molecule has 270 valence electrons. The summed E-state index contributed by atoms with van der Waals surface area (Å²) in [5.74, 6) is 0. The van der Waals surface area contributed by atoms with Crippen LogP contribution in [-0.4, -0.2) is 0 Å². The van der Waals surface area contributed by atoms with E-state index in [0.29, 0.717) is 0 Å². The van der Waals surface area contributed by atoms with Crippen molar-refractivity contribution in [1.29, 1.82) is 0 Å². The Morgan fingerprint density at radius 2 is 0.339 bits per heavy atom. The van der Waals surface area contributed by atoms with Crippen molar-refractivity contribution in [3.63, 3.8) is 0 Å². The van der Waals surface area contributed by atoms with E-state index in [0.717, 1.165) is 0 Å². The third-order valence-electron chi connectivity index (χ3n) is 9.54. The van der Waals surface area contributed by atoms with Gasteiger partial charge in [-0.05, 0) is 176 Å². The molecule has 0 atom stereocenters. The van der Waals surface area contributed by atoms with Crippen LogP contribution < -0.4 is 0 Å². The lowest BCUT2D eigenvalue weighted by atomic mass is 10.0. The molecule has 0 spiro atoms. The van der Waals surface area contributed by atoms with Gasteiger partial charge in [-0.1, -0.05) is 72.8 Å². The van der Waals surface area contributed by atoms with Gasteiger partial charge in [0.2, 0.25) is 0 Å². The van der Waals surface area contributed by atoms with Gasteiger partial charge >= 0.3 is 0 Å². The molecule has 4 aromatic carbocycles. The topological polar surface area (TPSA) is 0 Å². The van der Waals surface area contributed by atoms with Crippen molar-refractivity contribution < 1.29 is 0 Å². The quantitative estimate of drug-likeness (QED) is 0.126. The highest BCUT2D eigenvalue weighted by atomic mass is 127. The predicted molar refractivity (Wildman–Crippen MR) is 268 cm³/mol. The molecule has 0 bridgehead atoms. The summed E-state index contributed by atoms with van der Waals surface area (Å²) in [6, 6.07) is 62.7. The molecule has 10 aromatic rings. The summed E-state index contributed by atoms with van der Waals surface area (Å²) >= 11 is 16.0. The highest BCUT2D eigenvalue weighted by Gasteiger charge is 2.15. The smallest absolute Gasteiger partial charge is 0.0449 e. The summed E-state index contributed by atoms with van der Waals surface area (Å²) in [4.78, 5) is 15.8. The largest absolute Gasteiger partial charge is 0.134 e. The minimum atomic E-state index is 1.25. The lowest BCUT2D eigenvalue weighted by Crippen LogP contribution is -1.79. The average molecular weight is 1050 g/mol. The van der Waals surface area contributed by atoms with Crippen molar-refractivity contribution in [2.75, 3.05) is 0 Å². The minimum Gasteiger partial charge on any atom is -0.134 e. The summed E-state index contributed by atoms with van der Waals surface area (Å²) in [5, 5.41) is 0. The number of halogens is 2. The summed E-state index contributed by atoms with van der Waals surface area (Å²) in [7, 11) is 0. The zero-order valence-corrected chi connectivity index (χ0v) is 38.6. The molecule has 0 amide bonds. The first-order valence-electron chi connectivity index (χ1n) is 17.8. The zero-order valence-electron chi connectivity index (χ0n) is 29.4. The van der Waals surface area contributed by atoms with E-state index in [9.17, 15) is 0 Å². The maximum absolute atomic E-state index is 2.36. The second kappa shape index (κ2) is 16.1. The minimum absolute atomic E-state index is 1.25. The van der Waals surface area contributed by atoms with Crippen molar-refractivity contribution in [1.82, 2.24) is 0 Å². The second-order valence-electron chi connectivity index (χ2n) is 13.2. The molecular formula is C48H28I2S6. The molecule has 10 rings (SSSR count). The Bertz CT molecular complexity index is 2710. The van der Waals surface area contributed by atoms with E-state index >= 15 is 0 Å². The van der Waals surface area contributed by atoms with Crippen LogP contribution in [0.3, 0.4) is 0 Å². The lowest BCUT2D eigenvalue weighted by molar-refractivity contribution is 1.59. The number of hydrogen-bond acceptors (Lipinski definition) is 6. The van der Waals surface area contributed by atoms with Crippen LogP contribution in [-0.2, 0) is 0 Å². The van der Waals surface area contributed by atoms with Crippen molar-refractivity contribution in [2.45, 2.75) is 0 Å². The van der Waals surface area contributed by atoms with Crippen LogP contribution in [0.15, 0.2) is 170 Å². The average Bonchev–Trinajstić information content (AvgIpc) is 4.08. The van der Waals surface area contributed by atoms with Crippen LogP contribution >= 0.6 is 113 Å². The normalized spacial score (nSPS) is 11.4. The molecule has 0 aliphatic carbocycles. The molecule has 0 aliphatic rings. The standard InChI is InChI=1S/C48H28I2S6/c49-35-13-9-31(10-14-35)29-1-5-33(6-2-29)37-17-19-39(51-37)41-21-23-43(53-41)45-25-27-47(55-45)48-28-26-46(56-48)44-24-22-42(54-44)40-20-18-38(52-40)34-7-3-30(4-8-34)32-11-15-36(50)16-12-32/h1-28H. The van der Waals surface area contributed by atoms with Gasteiger partial charge in [0.25, 0.3) is 0 Å². The van der Waals surface area contributed by atoms with Gasteiger partial charge in [0.05, 0.1) is 0 Å². The first-order valence-corrected chi connectivity index (χ1v) is 24.9. The van der Waals surface area contributed by atoms with E-state index in [1.165, 1.54) is 99.0 Å². The Balaban J connectivity index is 0.804. The highest BCUT2D eigenvalue weighted by molar-refractivity contribution is 14.1. The fraction of sp³-hybridized carbons (Fsp3) is 0. The summed E-state index contributed by atoms with van der Waals surface area (Å²) in [5.41, 5.74) is 7.54. The van der Waals surface area contributed by atoms with E-state index < -0.39 is 0 Å². The van der Waals surface area contributed by atoms with Gasteiger partial charge in [-0.25, -0.2) is 0 Å². The molecule has 0 saturated heterocycles. The van der Waals surface area contributed by atoms with E-state index in [-0.39, 0.29) is 0 Å². The molecule has 6 aromatic heterocycles. The number of hydrogen-bond donors (Lipinski definition) is 0. The van der Waals surface area contributed by atoms with E-state index in [4.69, 9.17) is 0 Å². The Morgan fingerprint density at radius 3 is 0.571 bits per heavy atom. The fourth-order valence-electron chi connectivity index (χ4n) is 6.60. The SMILES string of the molecule is Ic1ccc(-c2ccc(-c3ccc(-c4ccc(-c5ccc(-c6ccc(-c7ccc(-c8ccc(-c9ccc(-c%10ccc(I)cc%10)cc9)s8)s7)s6)s5)s4)s3)cc2)cc1. The van der Waals surface area contributed by atoms with Gasteiger partial charge in [-0.15, -0.1) is 68.0 Å². The third kappa shape index (κ3) is 7.75. The molecule has 0 unspecified atom stereocenters. The van der Waals surface area contributed by atoms with Crippen molar-refractivity contribution in [3.05, 3.63) is 177 Å². The van der Waals surface area contributed by atoms with Crippen LogP contribution in [0.5, 0.6) is 0 Å². The van der Waals surface area contributed by atoms with E-state index in [1.54, 1.807) is 0 Å². The van der Waals surface area contributed by atoms with Gasteiger partial charge in [0.1, 0.15) is 0 Å². The molecule has 6 heterocycles. The van der Waals surface area contributed by atoms with Gasteiger partial charge in [0.15, 0.2) is 0 Å². The van der Waals surface area contributed by atoms with Gasteiger partial charge in [-0.2, -0.15) is 0 Å². The first-order chi connectivity index (χ1) is 27.5. The van der Waals surface area contributed by atoms with E-state index in [1.807, 2.05) is 68.0 Å². The summed E-state index contributed by atoms with van der Waals surface area (Å²) < 4.78 is 2.51. The highest BCUT2D eigenvalue weighted by Crippen LogP contribution is 2.47. The van der Waals surface area contributed by atoms with Gasteiger partial charge < -0.3 is 0 Å². The fourth-order valence-corrected chi connectivity index (χ4v) is 13.8. The third-order valence-corrected chi connectivity index (χ3v) is 18.6. The monoisotopic (exact) mass is 1050 g/mol. The maximum atomic E-state index is 2.36. The Morgan fingerprint density at radius 1 is 0.179 bits per heavy atom. The van der Waals surface area contributed by atoms with Gasteiger partial charge in [0, 0.05) is 65.7 Å². The molecule has 56 heavy (non-hydrogen) atoms. The molecule has 0 N–H and O–H groups in total. The Hall–Kier alpha value is -3.46. The lowest BCUT2D eigenvalue weighted by Gasteiger charge is -2.03. The number of thiophene rings is 6. The molecular weight excluding hydrogens is 1020 g/mol. The maximum Gasteiger partial charge on any atom is 0.0449 e. The Kier molecular flexibility index (Phi) is 10.6. The van der Waals surface area contributed by atoms with Crippen LogP contribution in [0.2, 0.25) is 0 Å². The van der Waals surface area contributed by atoms with Crippen LogP contribution in [0.25, 0.3) is 91.9 Å². The number of benzene rings is 4. The summed E-state index contributed by atoms with van der Waals surface area (Å²) in [6.45, 7) is 0. The first kappa shape index (κ1) is 36.9. The van der Waals surface area contributed by atoms with Crippen LogP contribution in [0.4, 0.5) is 0 Å². The molecule has 0 nitrogen and oxygen atoms in total. The van der Waals surface area contributed by atoms with Gasteiger partial charge in [-0.3, -0.25) is 0 Å².